The molecule has 1 aliphatic rings. The number of ether oxygens (including phenoxy) is 1. The molecule has 0 fully saturated rings. The fourth-order valence-corrected chi connectivity index (χ4v) is 4.49. The van der Waals surface area contributed by atoms with Gasteiger partial charge in [-0.1, -0.05) is 0 Å². The summed E-state index contributed by atoms with van der Waals surface area (Å²) in [4.78, 5) is 11.8. The zero-order chi connectivity index (χ0) is 17.3. The largest absolute Gasteiger partial charge is 0.469 e. The molecule has 1 N–H and O–H groups in total. The molecule has 0 radical (unpaired) electrons. The minimum Gasteiger partial charge on any atom is -0.469 e. The number of nitrogens with one attached hydrogen (secondary N) is 1. The van der Waals surface area contributed by atoms with Crippen LogP contribution in [0.1, 0.15) is 40.6 Å². The maximum atomic E-state index is 12.7. The molecular weight excluding hydrogens is 398 g/mol. The fraction of sp³-hybridized carbons (Fsp3) is 0.312. The molecule has 1 aromatic carbocycles. The van der Waals surface area contributed by atoms with Crippen molar-refractivity contribution in [2.45, 2.75) is 30.2 Å². The molecule has 6 nitrogen and oxygen atoms in total. The molecule has 0 amide bonds. The van der Waals surface area contributed by atoms with Crippen molar-refractivity contribution in [3.05, 3.63) is 51.9 Å². The van der Waals surface area contributed by atoms with Crippen molar-refractivity contribution in [1.82, 2.24) is 4.72 Å². The van der Waals surface area contributed by atoms with Crippen LogP contribution in [0.4, 0.5) is 0 Å². The van der Waals surface area contributed by atoms with Crippen LogP contribution < -0.4 is 4.72 Å². The summed E-state index contributed by atoms with van der Waals surface area (Å²) >= 11 is 3.22. The minimum absolute atomic E-state index is 0.0155. The topological polar surface area (TPSA) is 85.6 Å². The zero-order valence-corrected chi connectivity index (χ0v) is 15.3. The van der Waals surface area contributed by atoms with Crippen molar-refractivity contribution in [1.29, 1.82) is 0 Å². The number of sulfonamides is 1. The van der Waals surface area contributed by atoms with Crippen LogP contribution in [0.2, 0.25) is 0 Å². The molecule has 2 aromatic rings. The van der Waals surface area contributed by atoms with Gasteiger partial charge in [0.1, 0.15) is 5.76 Å². The molecule has 0 aliphatic heterocycles. The standard InChI is InChI=1S/C16H16BrNO5S/c1-22-16(19)12-9-10(5-6-13(12)17)24(20,21)18-14-3-2-4-15-11(14)7-8-23-15/h5-9,14,18H,2-4H2,1H3. The summed E-state index contributed by atoms with van der Waals surface area (Å²) in [7, 11) is -2.54. The Morgan fingerprint density at radius 1 is 1.38 bits per heavy atom. The van der Waals surface area contributed by atoms with E-state index in [1.807, 2.05) is 0 Å². The first-order valence-electron chi connectivity index (χ1n) is 7.39. The number of rotatable bonds is 4. The van der Waals surface area contributed by atoms with E-state index in [2.05, 4.69) is 25.4 Å². The molecule has 1 unspecified atom stereocenters. The number of carbonyl (C=O) groups excluding carboxylic acids is 1. The Kier molecular flexibility index (Phi) is 4.80. The highest BCUT2D eigenvalue weighted by Gasteiger charge is 2.28. The molecule has 0 saturated heterocycles. The van der Waals surface area contributed by atoms with Gasteiger partial charge in [0.05, 0.1) is 29.9 Å². The third-order valence-electron chi connectivity index (χ3n) is 4.00. The first-order valence-corrected chi connectivity index (χ1v) is 9.66. The summed E-state index contributed by atoms with van der Waals surface area (Å²) in [6, 6.07) is 5.73. The van der Waals surface area contributed by atoms with E-state index in [0.29, 0.717) is 10.9 Å². The van der Waals surface area contributed by atoms with Gasteiger partial charge in [0.25, 0.3) is 0 Å². The number of furan rings is 1. The van der Waals surface area contributed by atoms with Crippen LogP contribution in [0.5, 0.6) is 0 Å². The molecule has 0 saturated carbocycles. The van der Waals surface area contributed by atoms with Crippen LogP contribution in [0.25, 0.3) is 0 Å². The van der Waals surface area contributed by atoms with E-state index in [9.17, 15) is 13.2 Å². The van der Waals surface area contributed by atoms with Gasteiger partial charge in [0.2, 0.25) is 10.0 Å². The van der Waals surface area contributed by atoms with Crippen LogP contribution in [0.15, 0.2) is 44.3 Å². The van der Waals surface area contributed by atoms with Gasteiger partial charge in [-0.25, -0.2) is 17.9 Å². The normalized spacial score (nSPS) is 17.3. The minimum atomic E-state index is -3.78. The van der Waals surface area contributed by atoms with Crippen molar-refractivity contribution < 1.29 is 22.4 Å². The Balaban J connectivity index is 1.91. The number of hydrogen-bond acceptors (Lipinski definition) is 5. The number of esters is 1. The molecule has 1 aliphatic carbocycles. The van der Waals surface area contributed by atoms with E-state index >= 15 is 0 Å². The quantitative estimate of drug-likeness (QED) is 0.777. The average Bonchev–Trinajstić information content (AvgIpc) is 3.04. The number of methoxy groups -OCH3 is 1. The van der Waals surface area contributed by atoms with Gasteiger partial charge < -0.3 is 9.15 Å². The van der Waals surface area contributed by atoms with Crippen molar-refractivity contribution in [2.24, 2.45) is 0 Å². The van der Waals surface area contributed by atoms with E-state index in [1.165, 1.54) is 25.3 Å². The number of aryl methyl sites for hydroxylation is 1. The van der Waals surface area contributed by atoms with Crippen molar-refractivity contribution in [3.63, 3.8) is 0 Å². The molecule has 1 heterocycles. The molecule has 8 heteroatoms. The van der Waals surface area contributed by atoms with E-state index in [0.717, 1.165) is 24.2 Å². The van der Waals surface area contributed by atoms with Crippen molar-refractivity contribution >= 4 is 31.9 Å². The van der Waals surface area contributed by atoms with E-state index in [1.54, 1.807) is 12.3 Å². The molecule has 0 spiro atoms. The Labute approximate surface area is 148 Å². The number of hydrogen-bond donors (Lipinski definition) is 1. The van der Waals surface area contributed by atoms with Gasteiger partial charge in [0.15, 0.2) is 0 Å². The number of halogens is 1. The van der Waals surface area contributed by atoms with Gasteiger partial charge >= 0.3 is 5.97 Å². The summed E-state index contributed by atoms with van der Waals surface area (Å²) < 4.78 is 38.6. The fourth-order valence-electron chi connectivity index (χ4n) is 2.80. The van der Waals surface area contributed by atoms with Crippen molar-refractivity contribution in [3.8, 4) is 0 Å². The third-order valence-corrected chi connectivity index (χ3v) is 6.16. The lowest BCUT2D eigenvalue weighted by Crippen LogP contribution is -2.30. The molecule has 0 bridgehead atoms. The Bertz CT molecular complexity index is 874. The third kappa shape index (κ3) is 3.26. The maximum Gasteiger partial charge on any atom is 0.339 e. The first-order chi connectivity index (χ1) is 11.4. The molecule has 3 rings (SSSR count). The summed E-state index contributed by atoms with van der Waals surface area (Å²) in [6.45, 7) is 0. The summed E-state index contributed by atoms with van der Waals surface area (Å²) in [5.41, 5.74) is 1.03. The Hall–Kier alpha value is -1.64. The van der Waals surface area contributed by atoms with Gasteiger partial charge in [-0.2, -0.15) is 0 Å². The number of fused-ring (bicyclic) bond motifs is 1. The predicted molar refractivity (Wildman–Crippen MR) is 90.2 cm³/mol. The lowest BCUT2D eigenvalue weighted by Gasteiger charge is -2.22. The van der Waals surface area contributed by atoms with Gasteiger partial charge in [-0.3, -0.25) is 0 Å². The Morgan fingerprint density at radius 2 is 2.17 bits per heavy atom. The SMILES string of the molecule is COC(=O)c1cc(S(=O)(=O)NC2CCCc3occc32)ccc1Br. The van der Waals surface area contributed by atoms with Crippen LogP contribution in [-0.2, 0) is 21.2 Å². The highest BCUT2D eigenvalue weighted by molar-refractivity contribution is 9.10. The lowest BCUT2D eigenvalue weighted by atomic mass is 9.94. The monoisotopic (exact) mass is 413 g/mol. The second-order valence-corrected chi connectivity index (χ2v) is 8.07. The van der Waals surface area contributed by atoms with Crippen LogP contribution >= 0.6 is 15.9 Å². The van der Waals surface area contributed by atoms with Crippen LogP contribution in [0.3, 0.4) is 0 Å². The highest BCUT2D eigenvalue weighted by atomic mass is 79.9. The van der Waals surface area contributed by atoms with Crippen LogP contribution in [0, 0.1) is 0 Å². The summed E-state index contributed by atoms with van der Waals surface area (Å²) in [5, 5.41) is 0. The van der Waals surface area contributed by atoms with Gasteiger partial charge in [0, 0.05) is 16.5 Å². The van der Waals surface area contributed by atoms with E-state index in [-0.39, 0.29) is 16.5 Å². The molecule has 1 aromatic heterocycles. The van der Waals surface area contributed by atoms with Gasteiger partial charge in [-0.15, -0.1) is 0 Å². The molecular formula is C16H16BrNO5S. The maximum absolute atomic E-state index is 12.7. The first kappa shape index (κ1) is 17.2. The average molecular weight is 414 g/mol. The lowest BCUT2D eigenvalue weighted by molar-refractivity contribution is 0.0599. The molecule has 1 atom stereocenters. The van der Waals surface area contributed by atoms with Crippen LogP contribution in [-0.4, -0.2) is 21.5 Å². The molecule has 24 heavy (non-hydrogen) atoms. The molecule has 128 valence electrons. The number of benzene rings is 1. The summed E-state index contributed by atoms with van der Waals surface area (Å²) in [6.07, 6.45) is 3.94. The van der Waals surface area contributed by atoms with Crippen molar-refractivity contribution in [2.75, 3.05) is 7.11 Å². The second-order valence-electron chi connectivity index (χ2n) is 5.50. The van der Waals surface area contributed by atoms with Gasteiger partial charge in [-0.05, 0) is 53.0 Å². The second kappa shape index (κ2) is 6.70. The van der Waals surface area contributed by atoms with E-state index < -0.39 is 16.0 Å². The number of carbonyl (C=O) groups is 1. The van der Waals surface area contributed by atoms with E-state index in [4.69, 9.17) is 4.42 Å². The smallest absolute Gasteiger partial charge is 0.339 e. The highest BCUT2D eigenvalue weighted by Crippen LogP contribution is 2.32. The summed E-state index contributed by atoms with van der Waals surface area (Å²) in [5.74, 6) is 0.216. The predicted octanol–water partition coefficient (Wildman–Crippen LogP) is 3.18. The Morgan fingerprint density at radius 3 is 2.92 bits per heavy atom. The zero-order valence-electron chi connectivity index (χ0n) is 12.9.